The Bertz CT molecular complexity index is 159. The van der Waals surface area contributed by atoms with E-state index in [0.717, 1.165) is 0 Å². The van der Waals surface area contributed by atoms with Crippen molar-refractivity contribution in [1.82, 2.24) is 5.32 Å². The molecule has 0 aliphatic carbocycles. The molecule has 1 aliphatic rings. The Kier molecular flexibility index (Phi) is 7.96. The first-order chi connectivity index (χ1) is 5.49. The van der Waals surface area contributed by atoms with Crippen LogP contribution in [0.1, 0.15) is 0 Å². The predicted molar refractivity (Wildman–Crippen MR) is 51.1 cm³/mol. The minimum Gasteiger partial charge on any atom is -0.366 e. The standard InChI is InChI=1S/C6H11F3N2O.2ClH/c7-6(8,9)3-12-5-2-11-1-4(5)10;;/h4-5,11H,1-3,10H2;2*1H. The van der Waals surface area contributed by atoms with Crippen LogP contribution in [-0.2, 0) is 4.74 Å². The average molecular weight is 257 g/mol. The number of rotatable bonds is 2. The van der Waals surface area contributed by atoms with Gasteiger partial charge >= 0.3 is 6.18 Å². The maximum atomic E-state index is 11.6. The number of nitrogens with two attached hydrogens (primary N) is 1. The number of alkyl halides is 3. The molecule has 1 fully saturated rings. The summed E-state index contributed by atoms with van der Waals surface area (Å²) in [6.07, 6.45) is -4.77. The molecule has 3 nitrogen and oxygen atoms in total. The molecule has 3 N–H and O–H groups in total. The van der Waals surface area contributed by atoms with Gasteiger partial charge < -0.3 is 15.8 Å². The van der Waals surface area contributed by atoms with Gasteiger partial charge in [-0.15, -0.1) is 24.8 Å². The summed E-state index contributed by atoms with van der Waals surface area (Å²) in [4.78, 5) is 0. The molecule has 0 aromatic rings. The van der Waals surface area contributed by atoms with Crippen LogP contribution in [0, 0.1) is 0 Å². The van der Waals surface area contributed by atoms with Gasteiger partial charge in [-0.05, 0) is 0 Å². The average Bonchev–Trinajstić information content (AvgIpc) is 2.29. The highest BCUT2D eigenvalue weighted by molar-refractivity contribution is 5.85. The Morgan fingerprint density at radius 3 is 2.21 bits per heavy atom. The number of ether oxygens (including phenoxy) is 1. The SMILES string of the molecule is Cl.Cl.NC1CNCC1OCC(F)(F)F. The molecule has 0 saturated carbocycles. The van der Waals surface area contributed by atoms with Gasteiger partial charge in [-0.3, -0.25) is 0 Å². The van der Waals surface area contributed by atoms with Crippen LogP contribution in [0.5, 0.6) is 0 Å². The summed E-state index contributed by atoms with van der Waals surface area (Å²) in [6, 6.07) is -0.327. The van der Waals surface area contributed by atoms with Crippen molar-refractivity contribution in [1.29, 1.82) is 0 Å². The van der Waals surface area contributed by atoms with E-state index in [1.54, 1.807) is 0 Å². The minimum atomic E-state index is -4.26. The minimum absolute atomic E-state index is 0. The molecular formula is C6H13Cl2F3N2O. The zero-order valence-corrected chi connectivity index (χ0v) is 8.85. The predicted octanol–water partition coefficient (Wildman–Crippen LogP) is 0.708. The molecule has 2 atom stereocenters. The van der Waals surface area contributed by atoms with Crippen molar-refractivity contribution in [2.45, 2.75) is 18.3 Å². The van der Waals surface area contributed by atoms with E-state index in [2.05, 4.69) is 10.1 Å². The Labute approximate surface area is 92.4 Å². The summed E-state index contributed by atoms with van der Waals surface area (Å²) in [6.45, 7) is -0.299. The molecule has 88 valence electrons. The van der Waals surface area contributed by atoms with Crippen molar-refractivity contribution < 1.29 is 17.9 Å². The quantitative estimate of drug-likeness (QED) is 0.765. The fourth-order valence-corrected chi connectivity index (χ4v) is 1.06. The van der Waals surface area contributed by atoms with E-state index in [-0.39, 0.29) is 30.9 Å². The first-order valence-electron chi connectivity index (χ1n) is 3.64. The van der Waals surface area contributed by atoms with Crippen molar-refractivity contribution in [3.8, 4) is 0 Å². The second kappa shape index (κ2) is 6.68. The largest absolute Gasteiger partial charge is 0.411 e. The smallest absolute Gasteiger partial charge is 0.366 e. The first-order valence-corrected chi connectivity index (χ1v) is 3.64. The van der Waals surface area contributed by atoms with Crippen molar-refractivity contribution in [2.75, 3.05) is 19.7 Å². The number of halogens is 5. The topological polar surface area (TPSA) is 47.3 Å². The molecular weight excluding hydrogens is 244 g/mol. The third-order valence-electron chi connectivity index (χ3n) is 1.66. The first kappa shape index (κ1) is 16.7. The van der Waals surface area contributed by atoms with Crippen LogP contribution in [0.4, 0.5) is 13.2 Å². The Balaban J connectivity index is 0. The molecule has 0 aromatic carbocycles. The highest BCUT2D eigenvalue weighted by Gasteiger charge is 2.32. The lowest BCUT2D eigenvalue weighted by molar-refractivity contribution is -0.184. The molecule has 0 radical (unpaired) electrons. The Morgan fingerprint density at radius 1 is 1.29 bits per heavy atom. The summed E-state index contributed by atoms with van der Waals surface area (Å²) >= 11 is 0. The number of hydrogen-bond donors (Lipinski definition) is 2. The molecule has 0 bridgehead atoms. The molecule has 2 unspecified atom stereocenters. The molecule has 0 aromatic heterocycles. The Hall–Kier alpha value is 0.250. The van der Waals surface area contributed by atoms with Crippen LogP contribution in [0.15, 0.2) is 0 Å². The lowest BCUT2D eigenvalue weighted by Gasteiger charge is -2.16. The molecule has 1 rings (SSSR count). The van der Waals surface area contributed by atoms with E-state index in [9.17, 15) is 13.2 Å². The van der Waals surface area contributed by atoms with Gasteiger partial charge in [0.2, 0.25) is 0 Å². The third-order valence-corrected chi connectivity index (χ3v) is 1.66. The maximum absolute atomic E-state index is 11.6. The third kappa shape index (κ3) is 5.87. The number of hydrogen-bond acceptors (Lipinski definition) is 3. The van der Waals surface area contributed by atoms with E-state index in [4.69, 9.17) is 5.73 Å². The van der Waals surface area contributed by atoms with E-state index in [0.29, 0.717) is 13.1 Å². The fraction of sp³-hybridized carbons (Fsp3) is 1.00. The van der Waals surface area contributed by atoms with Gasteiger partial charge in [0.15, 0.2) is 0 Å². The highest BCUT2D eigenvalue weighted by Crippen LogP contribution is 2.16. The monoisotopic (exact) mass is 256 g/mol. The molecule has 1 saturated heterocycles. The van der Waals surface area contributed by atoms with Crippen LogP contribution in [-0.4, -0.2) is 38.0 Å². The van der Waals surface area contributed by atoms with E-state index in [1.165, 1.54) is 0 Å². The zero-order chi connectivity index (χ0) is 9.19. The van der Waals surface area contributed by atoms with Gasteiger partial charge in [-0.1, -0.05) is 0 Å². The van der Waals surface area contributed by atoms with Crippen LogP contribution >= 0.6 is 24.8 Å². The van der Waals surface area contributed by atoms with Gasteiger partial charge in [0.1, 0.15) is 6.61 Å². The van der Waals surface area contributed by atoms with Gasteiger partial charge in [-0.2, -0.15) is 13.2 Å². The normalized spacial score (nSPS) is 26.6. The zero-order valence-electron chi connectivity index (χ0n) is 7.21. The molecule has 0 spiro atoms. The lowest BCUT2D eigenvalue weighted by atomic mass is 10.2. The second-order valence-corrected chi connectivity index (χ2v) is 2.79. The molecule has 14 heavy (non-hydrogen) atoms. The molecule has 1 aliphatic heterocycles. The van der Waals surface area contributed by atoms with Crippen molar-refractivity contribution in [2.24, 2.45) is 5.73 Å². The van der Waals surface area contributed by atoms with E-state index < -0.39 is 18.9 Å². The lowest BCUT2D eigenvalue weighted by Crippen LogP contribution is -2.37. The van der Waals surface area contributed by atoms with Crippen LogP contribution < -0.4 is 11.1 Å². The van der Waals surface area contributed by atoms with Crippen LogP contribution in [0.25, 0.3) is 0 Å². The van der Waals surface area contributed by atoms with Gasteiger partial charge in [0, 0.05) is 19.1 Å². The van der Waals surface area contributed by atoms with Gasteiger partial charge in [0.05, 0.1) is 6.10 Å². The van der Waals surface area contributed by atoms with E-state index in [1.807, 2.05) is 0 Å². The summed E-state index contributed by atoms with van der Waals surface area (Å²) in [7, 11) is 0. The summed E-state index contributed by atoms with van der Waals surface area (Å²) in [5.74, 6) is 0. The molecule has 8 heteroatoms. The van der Waals surface area contributed by atoms with Crippen LogP contribution in [0.3, 0.4) is 0 Å². The van der Waals surface area contributed by atoms with Crippen molar-refractivity contribution in [3.05, 3.63) is 0 Å². The van der Waals surface area contributed by atoms with Crippen molar-refractivity contribution in [3.63, 3.8) is 0 Å². The maximum Gasteiger partial charge on any atom is 0.411 e. The summed E-state index contributed by atoms with van der Waals surface area (Å²) in [5, 5.41) is 2.84. The van der Waals surface area contributed by atoms with Gasteiger partial charge in [0.25, 0.3) is 0 Å². The van der Waals surface area contributed by atoms with Gasteiger partial charge in [-0.25, -0.2) is 0 Å². The van der Waals surface area contributed by atoms with Crippen molar-refractivity contribution >= 4 is 24.8 Å². The van der Waals surface area contributed by atoms with E-state index >= 15 is 0 Å². The highest BCUT2D eigenvalue weighted by atomic mass is 35.5. The summed E-state index contributed by atoms with van der Waals surface area (Å²) < 4.78 is 39.5. The number of nitrogens with one attached hydrogen (secondary N) is 1. The molecule has 1 heterocycles. The molecule has 0 amide bonds. The second-order valence-electron chi connectivity index (χ2n) is 2.79. The summed E-state index contributed by atoms with van der Waals surface area (Å²) in [5.41, 5.74) is 5.45. The fourth-order valence-electron chi connectivity index (χ4n) is 1.06. The van der Waals surface area contributed by atoms with Crippen LogP contribution in [0.2, 0.25) is 0 Å². The Morgan fingerprint density at radius 2 is 1.86 bits per heavy atom.